The number of nitriles is 1. The Morgan fingerprint density at radius 1 is 1.42 bits per heavy atom. The molecule has 0 aliphatic rings. The molecule has 1 amide bonds. The number of hydrogen-bond donors (Lipinski definition) is 2. The van der Waals surface area contributed by atoms with E-state index >= 15 is 0 Å². The van der Waals surface area contributed by atoms with Crippen molar-refractivity contribution in [1.29, 1.82) is 5.26 Å². The maximum atomic E-state index is 12.3. The summed E-state index contributed by atoms with van der Waals surface area (Å²) in [5, 5.41) is 40.2. The summed E-state index contributed by atoms with van der Waals surface area (Å²) in [5.74, 6) is -2.41. The minimum atomic E-state index is -0.868. The summed E-state index contributed by atoms with van der Waals surface area (Å²) in [7, 11) is 1.18. The van der Waals surface area contributed by atoms with Gasteiger partial charge in [0.1, 0.15) is 11.8 Å². The van der Waals surface area contributed by atoms with Crippen molar-refractivity contribution >= 4 is 17.4 Å². The molecular weight excluding hydrogens is 318 g/mol. The highest BCUT2D eigenvalue weighted by Crippen LogP contribution is 2.38. The van der Waals surface area contributed by atoms with Crippen LogP contribution in [0.25, 0.3) is 5.76 Å². The van der Waals surface area contributed by atoms with Gasteiger partial charge in [-0.05, 0) is 19.9 Å². The zero-order chi connectivity index (χ0) is 18.4. The van der Waals surface area contributed by atoms with Gasteiger partial charge in [-0.3, -0.25) is 14.9 Å². The zero-order valence-corrected chi connectivity index (χ0v) is 13.4. The van der Waals surface area contributed by atoms with Gasteiger partial charge in [0.05, 0.1) is 12.0 Å². The Hall–Kier alpha value is -3.28. The summed E-state index contributed by atoms with van der Waals surface area (Å²) >= 11 is 0. The van der Waals surface area contributed by atoms with Crippen molar-refractivity contribution < 1.29 is 24.7 Å². The van der Waals surface area contributed by atoms with E-state index in [0.717, 1.165) is 12.1 Å². The van der Waals surface area contributed by atoms with Crippen LogP contribution in [0, 0.1) is 21.4 Å². The van der Waals surface area contributed by atoms with Gasteiger partial charge < -0.3 is 19.8 Å². The fraction of sp³-hybridized carbons (Fsp3) is 0.333. The quantitative estimate of drug-likeness (QED) is 0.266. The number of amides is 1. The Labute approximate surface area is 138 Å². The molecule has 0 aliphatic heterocycles. The zero-order valence-electron chi connectivity index (χ0n) is 13.4. The number of nitrogens with zero attached hydrogens (tertiary/aromatic N) is 3. The fourth-order valence-electron chi connectivity index (χ4n) is 2.04. The third-order valence-electron chi connectivity index (χ3n) is 3.36. The van der Waals surface area contributed by atoms with Gasteiger partial charge in [-0.1, -0.05) is 0 Å². The van der Waals surface area contributed by atoms with Crippen LogP contribution in [0.15, 0.2) is 17.7 Å². The molecule has 0 bridgehead atoms. The van der Waals surface area contributed by atoms with Crippen molar-refractivity contribution in [2.24, 2.45) is 0 Å². The second kappa shape index (κ2) is 7.82. The van der Waals surface area contributed by atoms with E-state index in [1.165, 1.54) is 12.0 Å². The number of aliphatic hydroxyl groups is 1. The largest absolute Gasteiger partial charge is 0.506 e. The SMILES string of the molecule is CCN(CC)C(=O)/C(C#N)=C(\O)c1cc(OC)c(O)c([N+](=O)[O-])c1. The van der Waals surface area contributed by atoms with E-state index in [4.69, 9.17) is 4.74 Å². The molecule has 0 atom stereocenters. The number of ether oxygens (including phenoxy) is 1. The van der Waals surface area contributed by atoms with E-state index in [1.54, 1.807) is 19.9 Å². The number of aliphatic hydroxyl groups excluding tert-OH is 1. The summed E-state index contributed by atoms with van der Waals surface area (Å²) in [6, 6.07) is 3.58. The molecule has 24 heavy (non-hydrogen) atoms. The normalized spacial score (nSPS) is 11.2. The van der Waals surface area contributed by atoms with Crippen molar-refractivity contribution in [1.82, 2.24) is 4.90 Å². The average Bonchev–Trinajstić information content (AvgIpc) is 2.56. The van der Waals surface area contributed by atoms with E-state index in [9.17, 15) is 30.4 Å². The molecule has 0 aliphatic carbocycles. The van der Waals surface area contributed by atoms with Crippen LogP contribution < -0.4 is 4.74 Å². The summed E-state index contributed by atoms with van der Waals surface area (Å²) in [6.07, 6.45) is 0. The van der Waals surface area contributed by atoms with E-state index < -0.39 is 33.6 Å². The van der Waals surface area contributed by atoms with Crippen molar-refractivity contribution in [3.05, 3.63) is 33.4 Å². The van der Waals surface area contributed by atoms with Gasteiger partial charge in [-0.15, -0.1) is 0 Å². The third-order valence-corrected chi connectivity index (χ3v) is 3.36. The summed E-state index contributed by atoms with van der Waals surface area (Å²) < 4.78 is 4.82. The second-order valence-electron chi connectivity index (χ2n) is 4.62. The molecule has 1 aromatic rings. The number of phenols is 1. The van der Waals surface area contributed by atoms with E-state index in [0.29, 0.717) is 13.1 Å². The summed E-state index contributed by atoms with van der Waals surface area (Å²) in [5.41, 5.74) is -1.46. The van der Waals surface area contributed by atoms with Gasteiger partial charge in [-0.25, -0.2) is 0 Å². The minimum Gasteiger partial charge on any atom is -0.506 e. The number of aromatic hydroxyl groups is 1. The molecule has 2 N–H and O–H groups in total. The molecule has 0 fully saturated rings. The number of benzene rings is 1. The van der Waals surface area contributed by atoms with Crippen LogP contribution in [0.5, 0.6) is 11.5 Å². The van der Waals surface area contributed by atoms with Crippen LogP contribution in [-0.4, -0.2) is 46.1 Å². The smallest absolute Gasteiger partial charge is 0.315 e. The molecule has 128 valence electrons. The van der Waals surface area contributed by atoms with E-state index in [2.05, 4.69) is 0 Å². The second-order valence-corrected chi connectivity index (χ2v) is 4.62. The molecule has 0 saturated heterocycles. The van der Waals surface area contributed by atoms with Crippen LogP contribution in [0.2, 0.25) is 0 Å². The molecule has 0 heterocycles. The van der Waals surface area contributed by atoms with Crippen molar-refractivity contribution in [2.45, 2.75) is 13.8 Å². The number of nitro benzene ring substituents is 1. The lowest BCUT2D eigenvalue weighted by Crippen LogP contribution is -2.31. The molecule has 1 rings (SSSR count). The highest BCUT2D eigenvalue weighted by Gasteiger charge is 2.25. The summed E-state index contributed by atoms with van der Waals surface area (Å²) in [4.78, 5) is 23.7. The number of carbonyl (C=O) groups excluding carboxylic acids is 1. The summed E-state index contributed by atoms with van der Waals surface area (Å²) in [6.45, 7) is 4.07. The van der Waals surface area contributed by atoms with E-state index in [1.807, 2.05) is 0 Å². The van der Waals surface area contributed by atoms with Gasteiger partial charge >= 0.3 is 5.69 Å². The van der Waals surface area contributed by atoms with Gasteiger partial charge in [-0.2, -0.15) is 5.26 Å². The number of nitro groups is 1. The maximum absolute atomic E-state index is 12.3. The Balaban J connectivity index is 3.57. The first-order valence-electron chi connectivity index (χ1n) is 7.00. The van der Waals surface area contributed by atoms with Crippen LogP contribution >= 0.6 is 0 Å². The van der Waals surface area contributed by atoms with Crippen molar-refractivity contribution in [3.63, 3.8) is 0 Å². The topological polar surface area (TPSA) is 137 Å². The van der Waals surface area contributed by atoms with Gasteiger partial charge in [0.25, 0.3) is 5.91 Å². The molecule has 0 saturated carbocycles. The first kappa shape index (κ1) is 18.8. The maximum Gasteiger partial charge on any atom is 0.315 e. The van der Waals surface area contributed by atoms with Crippen LogP contribution in [0.4, 0.5) is 5.69 Å². The third kappa shape index (κ3) is 3.55. The van der Waals surface area contributed by atoms with Gasteiger partial charge in [0.2, 0.25) is 5.75 Å². The predicted octanol–water partition coefficient (Wildman–Crippen LogP) is 1.97. The monoisotopic (exact) mass is 335 g/mol. The van der Waals surface area contributed by atoms with Gasteiger partial charge in [0.15, 0.2) is 11.3 Å². The number of hydrogen-bond acceptors (Lipinski definition) is 7. The van der Waals surface area contributed by atoms with Crippen molar-refractivity contribution in [3.8, 4) is 17.6 Å². The molecule has 9 nitrogen and oxygen atoms in total. The molecule has 0 spiro atoms. The Morgan fingerprint density at radius 2 is 2.00 bits per heavy atom. The lowest BCUT2D eigenvalue weighted by atomic mass is 10.1. The number of phenolic OH excluding ortho intramolecular Hbond substituents is 1. The van der Waals surface area contributed by atoms with Crippen molar-refractivity contribution in [2.75, 3.05) is 20.2 Å². The number of carbonyl (C=O) groups is 1. The molecule has 9 heteroatoms. The van der Waals surface area contributed by atoms with E-state index in [-0.39, 0.29) is 11.3 Å². The number of rotatable bonds is 6. The Bertz CT molecular complexity index is 731. The average molecular weight is 335 g/mol. The highest BCUT2D eigenvalue weighted by atomic mass is 16.6. The Morgan fingerprint density at radius 3 is 2.42 bits per heavy atom. The number of likely N-dealkylation sites (N-methyl/N-ethyl adjacent to an activating group) is 1. The highest BCUT2D eigenvalue weighted by molar-refractivity contribution is 6.03. The predicted molar refractivity (Wildman–Crippen MR) is 84.4 cm³/mol. The molecule has 0 aromatic heterocycles. The minimum absolute atomic E-state index is 0.187. The first-order valence-corrected chi connectivity index (χ1v) is 7.00. The molecular formula is C15H17N3O6. The number of methoxy groups -OCH3 is 1. The lowest BCUT2D eigenvalue weighted by Gasteiger charge is -2.18. The first-order chi connectivity index (χ1) is 11.3. The Kier molecular flexibility index (Phi) is 6.12. The fourth-order valence-corrected chi connectivity index (χ4v) is 2.04. The van der Waals surface area contributed by atoms with Gasteiger partial charge in [0, 0.05) is 24.7 Å². The molecule has 1 aromatic carbocycles. The molecule has 0 radical (unpaired) electrons. The van der Waals surface area contributed by atoms with Crippen LogP contribution in [0.3, 0.4) is 0 Å². The van der Waals surface area contributed by atoms with Crippen LogP contribution in [0.1, 0.15) is 19.4 Å². The molecule has 0 unspecified atom stereocenters. The standard InChI is InChI=1S/C15H17N3O6/c1-4-17(5-2)15(21)10(8-16)13(19)9-6-11(18(22)23)14(20)12(7-9)24-3/h6-7,19-20H,4-5H2,1-3H3/b13-10-. The lowest BCUT2D eigenvalue weighted by molar-refractivity contribution is -0.386. The van der Waals surface area contributed by atoms with Crippen LogP contribution in [-0.2, 0) is 4.79 Å².